The number of hydrogen-bond acceptors (Lipinski definition) is 0. The molecule has 0 bridgehead atoms. The summed E-state index contributed by atoms with van der Waals surface area (Å²) in [5.74, 6) is 0. The van der Waals surface area contributed by atoms with Gasteiger partial charge in [0.05, 0.1) is 0 Å². The summed E-state index contributed by atoms with van der Waals surface area (Å²) in [7, 11) is -13.3. The van der Waals surface area contributed by atoms with Crippen LogP contribution in [0.3, 0.4) is 0 Å². The van der Waals surface area contributed by atoms with E-state index in [-0.39, 0.29) is 40.6 Å². The fraction of sp³-hybridized carbons (Fsp3) is 0.542. The van der Waals surface area contributed by atoms with Gasteiger partial charge in [0, 0.05) is 0 Å². The van der Waals surface area contributed by atoms with E-state index < -0.39 is 56.5 Å². The van der Waals surface area contributed by atoms with Gasteiger partial charge in [0.25, 0.3) is 0 Å². The third kappa shape index (κ3) is 10.1. The zero-order valence-electron chi connectivity index (χ0n) is 42.1. The smallest absolute Gasteiger partial charge is 1.00 e. The molecule has 0 aromatic heterocycles. The number of hydrogen-bond donors (Lipinski definition) is 0. The van der Waals surface area contributed by atoms with Crippen LogP contribution in [0.25, 0.3) is 0 Å². The van der Waals surface area contributed by atoms with Crippen molar-refractivity contribution in [3.05, 3.63) is 75.4 Å². The molecule has 0 amide bonds. The summed E-state index contributed by atoms with van der Waals surface area (Å²) in [6.45, 7) is 64.3. The molecule has 3 aromatic carbocycles. The second kappa shape index (κ2) is 18.3. The first kappa shape index (κ1) is 57.3. The van der Waals surface area contributed by atoms with Crippen LogP contribution < -0.4 is 83.9 Å². The van der Waals surface area contributed by atoms with E-state index >= 15 is 0 Å². The largest absolute Gasteiger partial charge is 1.00 e. The standard InChI is InChI=1S/C48H81Si7.3ClH.Ti/c1-32-26-42(49(8,9)10)45(52(17,18)19)29-39(32)55(48-37(6)35(4)36(5)38(48)7,40-30-46(53(20,21)22)43(27-33(40)2)50(11,12)13)41-31-47(54(23,24)25)44(28-34(41)3)51(14,15)16;;;;/h26-31H,1-25H3;3*1H;/q;;;;+3/p-3. The van der Waals surface area contributed by atoms with E-state index in [2.05, 4.69) is 223 Å². The number of halogens is 3. The van der Waals surface area contributed by atoms with Crippen LogP contribution in [-0.2, 0) is 20.4 Å². The monoisotopic (exact) mass is 1010 g/mol. The Morgan fingerprint density at radius 2 is 0.475 bits per heavy atom. The fourth-order valence-electron chi connectivity index (χ4n) is 10.1. The molecule has 4 rings (SSSR count). The zero-order valence-corrected chi connectivity index (χ0v) is 52.9. The molecule has 1 aliphatic carbocycles. The molecule has 1 aliphatic rings. The van der Waals surface area contributed by atoms with E-state index in [1.807, 2.05) is 0 Å². The molecule has 0 atom stereocenters. The third-order valence-electron chi connectivity index (χ3n) is 13.5. The third-order valence-corrected chi connectivity index (χ3v) is 35.3. The van der Waals surface area contributed by atoms with Crippen LogP contribution >= 0.6 is 0 Å². The van der Waals surface area contributed by atoms with Crippen molar-refractivity contribution in [3.8, 4) is 0 Å². The summed E-state index contributed by atoms with van der Waals surface area (Å²) in [4.78, 5) is 0. The van der Waals surface area contributed by atoms with Gasteiger partial charge in [-0.05, 0) is 0 Å². The molecule has 0 saturated carbocycles. The minimum atomic E-state index is -3.04. The number of aryl methyl sites for hydroxylation is 3. The Morgan fingerprint density at radius 1 is 0.305 bits per heavy atom. The predicted octanol–water partition coefficient (Wildman–Crippen LogP) is 0.296. The number of allylic oxidation sites excluding steroid dienone is 4. The van der Waals surface area contributed by atoms with Gasteiger partial charge in [0.15, 0.2) is 0 Å². The van der Waals surface area contributed by atoms with Crippen molar-refractivity contribution < 1.29 is 57.7 Å². The van der Waals surface area contributed by atoms with E-state index in [1.54, 1.807) is 57.8 Å². The molecule has 3 aromatic rings. The topological polar surface area (TPSA) is 0 Å². The molecule has 11 heteroatoms. The van der Waals surface area contributed by atoms with Crippen molar-refractivity contribution in [2.24, 2.45) is 0 Å². The fourth-order valence-corrected chi connectivity index (χ4v) is 35.3. The first-order valence-corrected chi connectivity index (χ1v) is 45.2. The van der Waals surface area contributed by atoms with Crippen molar-refractivity contribution >= 4 is 103 Å². The summed E-state index contributed by atoms with van der Waals surface area (Å²) < 4.78 is -0.145. The average Bonchev–Trinajstić information content (AvgIpc) is 3.15. The van der Waals surface area contributed by atoms with E-state index in [4.69, 9.17) is 0 Å². The maximum absolute atomic E-state index is 3.04. The summed E-state index contributed by atoms with van der Waals surface area (Å²) in [6, 6.07) is 17.0. The van der Waals surface area contributed by atoms with Crippen molar-refractivity contribution in [2.75, 3.05) is 0 Å². The predicted molar refractivity (Wildman–Crippen MR) is 276 cm³/mol. The minimum absolute atomic E-state index is 0. The molecule has 0 aliphatic heterocycles. The maximum Gasteiger partial charge on any atom is -1.00 e. The van der Waals surface area contributed by atoms with Crippen molar-refractivity contribution in [3.63, 3.8) is 0 Å². The molecule has 0 fully saturated rings. The van der Waals surface area contributed by atoms with Crippen molar-refractivity contribution in [1.29, 1.82) is 0 Å². The molecule has 0 spiro atoms. The van der Waals surface area contributed by atoms with Gasteiger partial charge in [0.2, 0.25) is 0 Å². The molecule has 0 radical (unpaired) electrons. The Hall–Kier alpha value is 0.242. The second-order valence-corrected chi connectivity index (χ2v) is 60.2. The normalized spacial score (nSPS) is 15.6. The van der Waals surface area contributed by atoms with Crippen LogP contribution in [-0.4, -0.2) is 56.5 Å². The zero-order chi connectivity index (χ0) is 43.5. The SMILES string of the molecule is CC1=C(C)[C]([Ti+3])([Si](c2cc([Si](C)(C)C)c([Si](C)(C)C)cc2C)(c2cc([Si](C)(C)C)c([Si](C)(C)C)cc2C)c2cc([Si](C)(C)C)c([Si](C)(C)C)cc2C)C(C)=C1C.[Cl-].[Cl-].[Cl-]. The van der Waals surface area contributed by atoms with Gasteiger partial charge in [-0.2, -0.15) is 0 Å². The molecule has 0 N–H and O–H groups in total. The molecule has 326 valence electrons. The first-order chi connectivity index (χ1) is 24.9. The van der Waals surface area contributed by atoms with Crippen molar-refractivity contribution in [2.45, 2.75) is 170 Å². The Kier molecular flexibility index (Phi) is 17.7. The molecule has 0 unspecified atom stereocenters. The van der Waals surface area contributed by atoms with E-state index in [0.717, 1.165) is 0 Å². The number of rotatable bonds is 10. The molecular weight excluding hydrogens is 927 g/mol. The molecule has 0 nitrogen and oxygen atoms in total. The average molecular weight is 1010 g/mol. The minimum Gasteiger partial charge on any atom is -1.00 e. The van der Waals surface area contributed by atoms with Crippen LogP contribution in [0.5, 0.6) is 0 Å². The van der Waals surface area contributed by atoms with Gasteiger partial charge >= 0.3 is 369 Å². The van der Waals surface area contributed by atoms with E-state index in [9.17, 15) is 0 Å². The van der Waals surface area contributed by atoms with Gasteiger partial charge < -0.3 is 37.2 Å². The van der Waals surface area contributed by atoms with Gasteiger partial charge in [-0.15, -0.1) is 0 Å². The Balaban J connectivity index is 0.00000580. The van der Waals surface area contributed by atoms with Crippen LogP contribution in [0.1, 0.15) is 44.4 Å². The van der Waals surface area contributed by atoms with Gasteiger partial charge in [0.1, 0.15) is 0 Å². The Morgan fingerprint density at radius 3 is 0.644 bits per heavy atom. The molecule has 0 saturated heterocycles. The first-order valence-electron chi connectivity index (χ1n) is 21.5. The summed E-state index contributed by atoms with van der Waals surface area (Å²) in [5.41, 5.74) is 10.9. The summed E-state index contributed by atoms with van der Waals surface area (Å²) >= 11 is 2.74. The van der Waals surface area contributed by atoms with Gasteiger partial charge in [-0.25, -0.2) is 0 Å². The van der Waals surface area contributed by atoms with Crippen LogP contribution in [0.2, 0.25) is 121 Å². The van der Waals surface area contributed by atoms with Crippen molar-refractivity contribution in [1.82, 2.24) is 0 Å². The molecular formula is C48H81Cl3Si7Ti. The van der Waals surface area contributed by atoms with Crippen LogP contribution in [0.15, 0.2) is 58.7 Å². The van der Waals surface area contributed by atoms with Crippen LogP contribution in [0.4, 0.5) is 0 Å². The molecule has 59 heavy (non-hydrogen) atoms. The van der Waals surface area contributed by atoms with Crippen LogP contribution in [0, 0.1) is 20.8 Å². The van der Waals surface area contributed by atoms with E-state index in [1.165, 1.54) is 27.8 Å². The maximum atomic E-state index is 2.90. The second-order valence-electron chi connectivity index (χ2n) is 24.1. The Bertz CT molecular complexity index is 1920. The van der Waals surface area contributed by atoms with E-state index in [0.29, 0.717) is 0 Å². The number of benzene rings is 3. The van der Waals surface area contributed by atoms with Gasteiger partial charge in [-0.3, -0.25) is 0 Å². The van der Waals surface area contributed by atoms with Gasteiger partial charge in [-0.1, -0.05) is 0 Å². The summed E-state index contributed by atoms with van der Waals surface area (Å²) in [6.07, 6.45) is 0. The Labute approximate surface area is 402 Å². The summed E-state index contributed by atoms with van der Waals surface area (Å²) in [5, 5.41) is 15.3. The molecule has 0 heterocycles. The quantitative estimate of drug-likeness (QED) is 0.203.